The normalized spacial score (nSPS) is 15.4. The highest BCUT2D eigenvalue weighted by Crippen LogP contribution is 2.34. The second-order valence-corrected chi connectivity index (χ2v) is 10.9. The van der Waals surface area contributed by atoms with E-state index >= 15 is 0 Å². The zero-order valence-corrected chi connectivity index (χ0v) is 23.9. The van der Waals surface area contributed by atoms with Crippen molar-refractivity contribution in [3.63, 3.8) is 0 Å². The largest absolute Gasteiger partial charge is 0.463 e. The van der Waals surface area contributed by atoms with Crippen LogP contribution in [0, 0.1) is 6.92 Å². The summed E-state index contributed by atoms with van der Waals surface area (Å²) in [5.41, 5.74) is 2.87. The lowest BCUT2D eigenvalue weighted by Crippen LogP contribution is -2.39. The Morgan fingerprint density at radius 3 is 2.50 bits per heavy atom. The van der Waals surface area contributed by atoms with Crippen LogP contribution in [0.15, 0.2) is 66.4 Å². The molecule has 0 amide bonds. The number of hydrogen-bond donors (Lipinski definition) is 0. The van der Waals surface area contributed by atoms with E-state index in [0.29, 0.717) is 36.4 Å². The van der Waals surface area contributed by atoms with Crippen LogP contribution in [0.3, 0.4) is 0 Å². The third kappa shape index (κ3) is 5.16. The average molecular weight is 634 g/mol. The molecule has 1 aromatic heterocycles. The maximum atomic E-state index is 13.8. The molecule has 2 aromatic carbocycles. The van der Waals surface area contributed by atoms with Crippen LogP contribution >= 0.6 is 43.2 Å². The maximum absolute atomic E-state index is 13.8. The number of hydrogen-bond acceptors (Lipinski definition) is 7. The summed E-state index contributed by atoms with van der Waals surface area (Å²) in [5.74, 6) is -0.690. The van der Waals surface area contributed by atoms with Crippen LogP contribution in [0.5, 0.6) is 5.75 Å². The SMILES string of the molecule is CCOC(=O)C1=C(C)N=c2s/c(=C\c3cc(Br)cc(Br)c3OC(C)=O)c(=O)n2[C@H]1c1ccc(C)cc1. The van der Waals surface area contributed by atoms with E-state index < -0.39 is 18.0 Å². The Kier molecular flexibility index (Phi) is 7.77. The molecule has 0 unspecified atom stereocenters. The number of fused-ring (bicyclic) bond motifs is 1. The van der Waals surface area contributed by atoms with Gasteiger partial charge in [0.2, 0.25) is 0 Å². The van der Waals surface area contributed by atoms with Gasteiger partial charge in [-0.3, -0.25) is 14.2 Å². The van der Waals surface area contributed by atoms with Gasteiger partial charge < -0.3 is 9.47 Å². The number of aryl methyl sites for hydroxylation is 1. The van der Waals surface area contributed by atoms with Crippen LogP contribution in [-0.4, -0.2) is 23.1 Å². The number of carbonyl (C=O) groups excluding carboxylic acids is 2. The molecule has 1 aliphatic rings. The number of ether oxygens (including phenoxy) is 2. The number of esters is 2. The first kappa shape index (κ1) is 26.2. The third-order valence-corrected chi connectivity index (χ3v) is 7.51. The van der Waals surface area contributed by atoms with Crippen LogP contribution < -0.4 is 19.6 Å². The fourth-order valence-corrected chi connectivity index (χ4v) is 6.31. The van der Waals surface area contributed by atoms with Crippen molar-refractivity contribution in [1.82, 2.24) is 4.57 Å². The summed E-state index contributed by atoms with van der Waals surface area (Å²) in [4.78, 5) is 43.5. The minimum Gasteiger partial charge on any atom is -0.463 e. The highest BCUT2D eigenvalue weighted by Gasteiger charge is 2.33. The summed E-state index contributed by atoms with van der Waals surface area (Å²) in [6.45, 7) is 6.97. The molecule has 0 aliphatic carbocycles. The van der Waals surface area contributed by atoms with Crippen molar-refractivity contribution in [2.45, 2.75) is 33.7 Å². The van der Waals surface area contributed by atoms with Crippen LogP contribution in [0.4, 0.5) is 0 Å². The first-order chi connectivity index (χ1) is 17.1. The Hall–Kier alpha value is -2.82. The van der Waals surface area contributed by atoms with Gasteiger partial charge in [-0.15, -0.1) is 0 Å². The molecule has 0 fully saturated rings. The lowest BCUT2D eigenvalue weighted by molar-refractivity contribution is -0.139. The molecule has 36 heavy (non-hydrogen) atoms. The van der Waals surface area contributed by atoms with Gasteiger partial charge in [0.15, 0.2) is 10.6 Å². The van der Waals surface area contributed by atoms with E-state index in [4.69, 9.17) is 9.47 Å². The standard InChI is InChI=1S/C26H22Br2N2O5S/c1-5-34-25(33)21-14(3)29-26-30(22(21)16-8-6-13(2)7-9-16)24(32)20(36-26)11-17-10-18(27)12-19(28)23(17)35-15(4)31/h6-12,22H,5H2,1-4H3/b20-11-/t22-/m0/s1. The molecule has 0 saturated heterocycles. The van der Waals surface area contributed by atoms with Crippen molar-refractivity contribution in [2.75, 3.05) is 6.61 Å². The molecule has 1 aliphatic heterocycles. The first-order valence-corrected chi connectivity index (χ1v) is 13.4. The highest BCUT2D eigenvalue weighted by atomic mass is 79.9. The zero-order valence-electron chi connectivity index (χ0n) is 19.9. The number of carbonyl (C=O) groups is 2. The van der Waals surface area contributed by atoms with Crippen molar-refractivity contribution in [2.24, 2.45) is 4.99 Å². The molecule has 4 rings (SSSR count). The Labute approximate surface area is 228 Å². The van der Waals surface area contributed by atoms with Gasteiger partial charge in [0.1, 0.15) is 0 Å². The van der Waals surface area contributed by atoms with E-state index in [1.54, 1.807) is 32.1 Å². The topological polar surface area (TPSA) is 87.0 Å². The fraction of sp³-hybridized carbons (Fsp3) is 0.231. The van der Waals surface area contributed by atoms with E-state index in [0.717, 1.165) is 15.6 Å². The van der Waals surface area contributed by atoms with Crippen molar-refractivity contribution < 1.29 is 19.1 Å². The Morgan fingerprint density at radius 1 is 1.17 bits per heavy atom. The minimum absolute atomic E-state index is 0.206. The molecule has 0 radical (unpaired) electrons. The third-order valence-electron chi connectivity index (χ3n) is 5.48. The molecule has 0 bridgehead atoms. The lowest BCUT2D eigenvalue weighted by atomic mass is 9.95. The summed E-state index contributed by atoms with van der Waals surface area (Å²) >= 11 is 8.07. The van der Waals surface area contributed by atoms with Crippen molar-refractivity contribution in [3.05, 3.63) is 93.0 Å². The molecule has 2 heterocycles. The molecule has 10 heteroatoms. The number of nitrogens with zero attached hydrogens (tertiary/aromatic N) is 2. The molecular weight excluding hydrogens is 612 g/mol. The number of benzene rings is 2. The van der Waals surface area contributed by atoms with Gasteiger partial charge >= 0.3 is 11.9 Å². The lowest BCUT2D eigenvalue weighted by Gasteiger charge is -2.24. The second-order valence-electron chi connectivity index (χ2n) is 8.11. The summed E-state index contributed by atoms with van der Waals surface area (Å²) in [6.07, 6.45) is 1.66. The highest BCUT2D eigenvalue weighted by molar-refractivity contribution is 9.11. The molecular formula is C26H22Br2N2O5S. The summed E-state index contributed by atoms with van der Waals surface area (Å²) in [5, 5.41) is 0. The Bertz CT molecular complexity index is 1590. The number of thiazole rings is 1. The molecule has 0 N–H and O–H groups in total. The maximum Gasteiger partial charge on any atom is 0.338 e. The predicted molar refractivity (Wildman–Crippen MR) is 145 cm³/mol. The molecule has 0 spiro atoms. The number of halogens is 2. The van der Waals surface area contributed by atoms with E-state index in [2.05, 4.69) is 36.9 Å². The van der Waals surface area contributed by atoms with Gasteiger partial charge in [0.05, 0.1) is 32.9 Å². The first-order valence-electron chi connectivity index (χ1n) is 11.0. The van der Waals surface area contributed by atoms with E-state index in [9.17, 15) is 14.4 Å². The van der Waals surface area contributed by atoms with Gasteiger partial charge in [-0.25, -0.2) is 9.79 Å². The van der Waals surface area contributed by atoms with Crippen molar-refractivity contribution in [3.8, 4) is 5.75 Å². The average Bonchev–Trinajstić information content (AvgIpc) is 3.10. The second kappa shape index (κ2) is 10.7. The van der Waals surface area contributed by atoms with Gasteiger partial charge in [-0.1, -0.05) is 57.1 Å². The van der Waals surface area contributed by atoms with Crippen LogP contribution in [0.25, 0.3) is 6.08 Å². The minimum atomic E-state index is -0.690. The molecule has 186 valence electrons. The van der Waals surface area contributed by atoms with E-state index in [1.807, 2.05) is 31.2 Å². The number of aromatic nitrogens is 1. The Morgan fingerprint density at radius 2 is 1.86 bits per heavy atom. The number of allylic oxidation sites excluding steroid dienone is 1. The quantitative estimate of drug-likeness (QED) is 0.304. The monoisotopic (exact) mass is 632 g/mol. The Balaban J connectivity index is 1.98. The number of rotatable bonds is 5. The van der Waals surface area contributed by atoms with Crippen LogP contribution in [-0.2, 0) is 14.3 Å². The summed E-state index contributed by atoms with van der Waals surface area (Å²) < 4.78 is 13.9. The van der Waals surface area contributed by atoms with Crippen molar-refractivity contribution >= 4 is 61.2 Å². The van der Waals surface area contributed by atoms with Crippen LogP contribution in [0.2, 0.25) is 0 Å². The van der Waals surface area contributed by atoms with Crippen molar-refractivity contribution in [1.29, 1.82) is 0 Å². The van der Waals surface area contributed by atoms with Crippen LogP contribution in [0.1, 0.15) is 43.5 Å². The smallest absolute Gasteiger partial charge is 0.338 e. The zero-order chi connectivity index (χ0) is 26.1. The fourth-order valence-electron chi connectivity index (χ4n) is 3.94. The van der Waals surface area contributed by atoms with Gasteiger partial charge in [0, 0.05) is 17.0 Å². The summed E-state index contributed by atoms with van der Waals surface area (Å²) in [7, 11) is 0. The predicted octanol–water partition coefficient (Wildman–Crippen LogP) is 4.56. The summed E-state index contributed by atoms with van der Waals surface area (Å²) in [6, 6.07) is 10.5. The van der Waals surface area contributed by atoms with E-state index in [-0.39, 0.29) is 12.2 Å². The van der Waals surface area contributed by atoms with Gasteiger partial charge in [-0.2, -0.15) is 0 Å². The van der Waals surface area contributed by atoms with Gasteiger partial charge in [-0.05, 0) is 60.5 Å². The molecule has 1 atom stereocenters. The molecule has 7 nitrogen and oxygen atoms in total. The van der Waals surface area contributed by atoms with E-state index in [1.165, 1.54) is 22.8 Å². The molecule has 0 saturated carbocycles. The molecule has 3 aromatic rings. The van der Waals surface area contributed by atoms with Gasteiger partial charge in [0.25, 0.3) is 5.56 Å².